The van der Waals surface area contributed by atoms with Crippen LogP contribution in [0.1, 0.15) is 31.6 Å². The van der Waals surface area contributed by atoms with E-state index in [-0.39, 0.29) is 11.8 Å². The van der Waals surface area contributed by atoms with Crippen molar-refractivity contribution in [2.75, 3.05) is 19.4 Å². The minimum atomic E-state index is 0.0669. The van der Waals surface area contributed by atoms with Crippen molar-refractivity contribution in [3.63, 3.8) is 0 Å². The van der Waals surface area contributed by atoms with Gasteiger partial charge in [-0.25, -0.2) is 9.97 Å². The lowest BCUT2D eigenvalue weighted by Crippen LogP contribution is -2.35. The summed E-state index contributed by atoms with van der Waals surface area (Å²) in [5.41, 5.74) is 0.957. The number of amides is 1. The molecule has 0 saturated heterocycles. The van der Waals surface area contributed by atoms with Gasteiger partial charge in [0.1, 0.15) is 5.82 Å². The highest BCUT2D eigenvalue weighted by molar-refractivity contribution is 5.94. The first-order chi connectivity index (χ1) is 13.5. The van der Waals surface area contributed by atoms with Crippen molar-refractivity contribution in [2.24, 2.45) is 5.92 Å². The van der Waals surface area contributed by atoms with Crippen LogP contribution in [-0.4, -0.2) is 40.9 Å². The number of carbonyl (C=O) groups excluding carboxylic acids is 1. The first-order valence-corrected chi connectivity index (χ1v) is 9.79. The largest absolute Gasteiger partial charge is 0.441 e. The third-order valence-electron chi connectivity index (χ3n) is 5.68. The van der Waals surface area contributed by atoms with Crippen LogP contribution in [-0.2, 0) is 4.79 Å². The summed E-state index contributed by atoms with van der Waals surface area (Å²) in [6.07, 6.45) is 7.51. The number of carbonyl (C=O) groups is 1. The van der Waals surface area contributed by atoms with Crippen LogP contribution >= 0.6 is 0 Å². The Morgan fingerprint density at radius 3 is 2.54 bits per heavy atom. The van der Waals surface area contributed by atoms with Gasteiger partial charge in [-0.2, -0.15) is 0 Å². The van der Waals surface area contributed by atoms with E-state index in [0.29, 0.717) is 17.8 Å². The smallest absolute Gasteiger partial charge is 0.228 e. The molecular weight excluding hydrogens is 352 g/mol. The molecule has 0 spiro atoms. The molecule has 1 aliphatic carbocycles. The van der Waals surface area contributed by atoms with Gasteiger partial charge >= 0.3 is 0 Å². The van der Waals surface area contributed by atoms with Gasteiger partial charge in [-0.3, -0.25) is 4.79 Å². The molecular formula is C22H26N4O2. The Morgan fingerprint density at radius 2 is 1.86 bits per heavy atom. The van der Waals surface area contributed by atoms with Crippen LogP contribution in [0.4, 0.5) is 5.82 Å². The number of anilines is 1. The molecule has 1 saturated carbocycles. The Balaban J connectivity index is 1.49. The standard InChI is InChI=1S/C22H26N4O2/c1-14-23-13-20(28-14)16-4-5-17-12-24-21(11-18(17)10-16)25-22(27)15-6-8-19(9-7-15)26(2)3/h4-5,10-13,15,19H,6-9H2,1-3H3,(H,24,25,27)/t15-,19-. The summed E-state index contributed by atoms with van der Waals surface area (Å²) in [5.74, 6) is 2.11. The van der Waals surface area contributed by atoms with Gasteiger partial charge in [-0.1, -0.05) is 12.1 Å². The van der Waals surface area contributed by atoms with Gasteiger partial charge in [0, 0.05) is 36.0 Å². The third-order valence-corrected chi connectivity index (χ3v) is 5.68. The highest BCUT2D eigenvalue weighted by Crippen LogP contribution is 2.29. The fourth-order valence-corrected chi connectivity index (χ4v) is 3.94. The average Bonchev–Trinajstić information content (AvgIpc) is 3.14. The predicted octanol–water partition coefficient (Wildman–Crippen LogP) is 4.26. The van der Waals surface area contributed by atoms with Gasteiger partial charge in [-0.05, 0) is 57.3 Å². The molecule has 1 fully saturated rings. The first-order valence-electron chi connectivity index (χ1n) is 9.79. The van der Waals surface area contributed by atoms with E-state index in [2.05, 4.69) is 34.3 Å². The fourth-order valence-electron chi connectivity index (χ4n) is 3.94. The van der Waals surface area contributed by atoms with Gasteiger partial charge in [-0.15, -0.1) is 0 Å². The number of fused-ring (bicyclic) bond motifs is 1. The Morgan fingerprint density at radius 1 is 1.07 bits per heavy atom. The molecule has 6 heteroatoms. The minimum absolute atomic E-state index is 0.0669. The third kappa shape index (κ3) is 3.92. The maximum atomic E-state index is 12.7. The number of nitrogens with zero attached hydrogens (tertiary/aromatic N) is 3. The van der Waals surface area contributed by atoms with Crippen molar-refractivity contribution in [1.29, 1.82) is 0 Å². The molecule has 0 atom stereocenters. The van der Waals surface area contributed by atoms with Gasteiger partial charge in [0.25, 0.3) is 0 Å². The van der Waals surface area contributed by atoms with Crippen molar-refractivity contribution in [2.45, 2.75) is 38.6 Å². The van der Waals surface area contributed by atoms with Crippen molar-refractivity contribution < 1.29 is 9.21 Å². The fraction of sp³-hybridized carbons (Fsp3) is 0.409. The highest BCUT2D eigenvalue weighted by atomic mass is 16.4. The molecule has 2 aromatic heterocycles. The molecule has 3 aromatic rings. The number of aryl methyl sites for hydroxylation is 1. The average molecular weight is 378 g/mol. The van der Waals surface area contributed by atoms with Crippen molar-refractivity contribution >= 4 is 22.5 Å². The molecule has 4 rings (SSSR count). The molecule has 0 radical (unpaired) electrons. The summed E-state index contributed by atoms with van der Waals surface area (Å²) in [7, 11) is 4.22. The lowest BCUT2D eigenvalue weighted by molar-refractivity contribution is -0.121. The lowest BCUT2D eigenvalue weighted by Gasteiger charge is -2.31. The predicted molar refractivity (Wildman–Crippen MR) is 110 cm³/mol. The molecule has 6 nitrogen and oxygen atoms in total. The van der Waals surface area contributed by atoms with Crippen LogP contribution in [0.3, 0.4) is 0 Å². The maximum Gasteiger partial charge on any atom is 0.228 e. The zero-order valence-corrected chi connectivity index (χ0v) is 16.6. The molecule has 0 bridgehead atoms. The zero-order chi connectivity index (χ0) is 19.7. The molecule has 0 unspecified atom stereocenters. The molecule has 1 amide bonds. The molecule has 0 aliphatic heterocycles. The second kappa shape index (κ2) is 7.72. The van der Waals surface area contributed by atoms with E-state index < -0.39 is 0 Å². The van der Waals surface area contributed by atoms with Gasteiger partial charge in [0.05, 0.1) is 6.20 Å². The Kier molecular flexibility index (Phi) is 5.13. The monoisotopic (exact) mass is 378 g/mol. The van der Waals surface area contributed by atoms with E-state index in [1.54, 1.807) is 12.4 Å². The number of oxazole rings is 1. The van der Waals surface area contributed by atoms with Crippen LogP contribution in [0.15, 0.2) is 41.1 Å². The number of benzene rings is 1. The van der Waals surface area contributed by atoms with Gasteiger partial charge in [0.2, 0.25) is 5.91 Å². The topological polar surface area (TPSA) is 71.3 Å². The van der Waals surface area contributed by atoms with Gasteiger partial charge in [0.15, 0.2) is 11.7 Å². The molecule has 28 heavy (non-hydrogen) atoms. The van der Waals surface area contributed by atoms with E-state index in [0.717, 1.165) is 47.8 Å². The number of aromatic nitrogens is 2. The van der Waals surface area contributed by atoms with E-state index in [1.807, 2.05) is 31.2 Å². The van der Waals surface area contributed by atoms with Crippen LogP contribution in [0.5, 0.6) is 0 Å². The van der Waals surface area contributed by atoms with Crippen molar-refractivity contribution in [3.05, 3.63) is 42.5 Å². The molecule has 1 N–H and O–H groups in total. The zero-order valence-electron chi connectivity index (χ0n) is 16.6. The SMILES string of the molecule is Cc1ncc(-c2ccc3cnc(NC(=O)[C@H]4CC[C@H](N(C)C)CC4)cc3c2)o1. The normalized spacial score (nSPS) is 19.9. The van der Waals surface area contributed by atoms with Crippen molar-refractivity contribution in [1.82, 2.24) is 14.9 Å². The Bertz CT molecular complexity index is 987. The first kappa shape index (κ1) is 18.6. The number of hydrogen-bond acceptors (Lipinski definition) is 5. The molecule has 146 valence electrons. The second-order valence-electron chi connectivity index (χ2n) is 7.83. The van der Waals surface area contributed by atoms with Crippen molar-refractivity contribution in [3.8, 4) is 11.3 Å². The summed E-state index contributed by atoms with van der Waals surface area (Å²) >= 11 is 0. The molecule has 1 aromatic carbocycles. The molecule has 1 aliphatic rings. The van der Waals surface area contributed by atoms with Crippen LogP contribution in [0, 0.1) is 12.8 Å². The number of nitrogens with one attached hydrogen (secondary N) is 1. The van der Waals surface area contributed by atoms with E-state index in [9.17, 15) is 4.79 Å². The molecule has 2 heterocycles. The summed E-state index contributed by atoms with van der Waals surface area (Å²) in [5, 5.41) is 5.04. The summed E-state index contributed by atoms with van der Waals surface area (Å²) < 4.78 is 5.62. The number of rotatable bonds is 4. The number of hydrogen-bond donors (Lipinski definition) is 1. The maximum absolute atomic E-state index is 12.7. The van der Waals surface area contributed by atoms with Gasteiger partial charge < -0.3 is 14.6 Å². The van der Waals surface area contributed by atoms with E-state index >= 15 is 0 Å². The summed E-state index contributed by atoms with van der Waals surface area (Å²) in [4.78, 5) is 23.5. The quantitative estimate of drug-likeness (QED) is 0.735. The van der Waals surface area contributed by atoms with Crippen LogP contribution in [0.2, 0.25) is 0 Å². The Hall–Kier alpha value is -2.73. The summed E-state index contributed by atoms with van der Waals surface area (Å²) in [6.45, 7) is 1.83. The van der Waals surface area contributed by atoms with Crippen LogP contribution < -0.4 is 5.32 Å². The van der Waals surface area contributed by atoms with E-state index in [4.69, 9.17) is 4.42 Å². The highest BCUT2D eigenvalue weighted by Gasteiger charge is 2.27. The number of pyridine rings is 1. The van der Waals surface area contributed by atoms with Crippen LogP contribution in [0.25, 0.3) is 22.1 Å². The Labute approximate surface area is 165 Å². The summed E-state index contributed by atoms with van der Waals surface area (Å²) in [6, 6.07) is 8.54. The van der Waals surface area contributed by atoms with E-state index in [1.165, 1.54) is 0 Å². The minimum Gasteiger partial charge on any atom is -0.441 e. The lowest BCUT2D eigenvalue weighted by atomic mass is 9.85. The second-order valence-corrected chi connectivity index (χ2v) is 7.83.